The Balaban J connectivity index is 1.76. The highest BCUT2D eigenvalue weighted by Crippen LogP contribution is 2.29. The average Bonchev–Trinajstić information content (AvgIpc) is 2.80. The minimum atomic E-state index is -3.71. The van der Waals surface area contributed by atoms with Gasteiger partial charge in [0.15, 0.2) is 0 Å². The summed E-state index contributed by atoms with van der Waals surface area (Å²) in [5.74, 6) is -0.0855. The molecule has 2 amide bonds. The van der Waals surface area contributed by atoms with E-state index in [9.17, 15) is 18.0 Å². The molecule has 1 aliphatic rings. The number of rotatable bonds is 8. The molecule has 3 N–H and O–H groups in total. The molecule has 34 heavy (non-hydrogen) atoms. The van der Waals surface area contributed by atoms with Crippen LogP contribution in [-0.4, -0.2) is 64.0 Å². The topological polar surface area (TPSA) is 126 Å². The predicted octanol–water partition coefficient (Wildman–Crippen LogP) is 2.42. The Kier molecular flexibility index (Phi) is 8.13. The number of nitrogens with zero attached hydrogens (tertiary/aromatic N) is 1. The third-order valence-corrected chi connectivity index (χ3v) is 7.37. The monoisotopic (exact) mass is 490 g/mol. The van der Waals surface area contributed by atoms with E-state index in [1.54, 1.807) is 44.2 Å². The van der Waals surface area contributed by atoms with Crippen LogP contribution in [0.5, 0.6) is 5.75 Å². The maximum Gasteiger partial charge on any atom is 0.246 e. The SMILES string of the molecule is COc1ccc(NC(C)=O)cc1N[C@H](C)C(=O)Nc1ccc(C)c(S(=O)(=O)N2CCOCC2)c1. The van der Waals surface area contributed by atoms with Gasteiger partial charge in [0.1, 0.15) is 11.8 Å². The van der Waals surface area contributed by atoms with E-state index in [2.05, 4.69) is 16.0 Å². The lowest BCUT2D eigenvalue weighted by molar-refractivity contribution is -0.116. The van der Waals surface area contributed by atoms with E-state index in [0.29, 0.717) is 54.7 Å². The molecular weight excluding hydrogens is 460 g/mol. The first kappa shape index (κ1) is 25.5. The van der Waals surface area contributed by atoms with E-state index in [1.165, 1.54) is 24.4 Å². The summed E-state index contributed by atoms with van der Waals surface area (Å²) in [6.07, 6.45) is 0. The van der Waals surface area contributed by atoms with Gasteiger partial charge in [0, 0.05) is 31.4 Å². The maximum absolute atomic E-state index is 13.1. The number of morpholine rings is 1. The van der Waals surface area contributed by atoms with Gasteiger partial charge in [0.25, 0.3) is 0 Å². The molecule has 10 nitrogen and oxygen atoms in total. The standard InChI is InChI=1S/C23H30N4O6S/c1-15-5-6-19(14-22(15)34(30,31)27-9-11-33-12-10-27)26-23(29)16(2)24-20-13-18(25-17(3)28)7-8-21(20)32-4/h5-8,13-14,16,24H,9-12H2,1-4H3,(H,25,28)(H,26,29)/t16-/m1/s1. The summed E-state index contributed by atoms with van der Waals surface area (Å²) in [7, 11) is -2.20. The minimum absolute atomic E-state index is 0.150. The van der Waals surface area contributed by atoms with Crippen molar-refractivity contribution in [3.63, 3.8) is 0 Å². The lowest BCUT2D eigenvalue weighted by Crippen LogP contribution is -2.40. The third-order valence-electron chi connectivity index (χ3n) is 5.33. The molecule has 1 fully saturated rings. The number of carbonyl (C=O) groups excluding carboxylic acids is 2. The number of anilines is 3. The zero-order valence-electron chi connectivity index (χ0n) is 19.7. The van der Waals surface area contributed by atoms with Gasteiger partial charge in [0.2, 0.25) is 21.8 Å². The summed E-state index contributed by atoms with van der Waals surface area (Å²) >= 11 is 0. The molecule has 3 rings (SSSR count). The van der Waals surface area contributed by atoms with E-state index in [4.69, 9.17) is 9.47 Å². The number of amides is 2. The largest absolute Gasteiger partial charge is 0.495 e. The highest BCUT2D eigenvalue weighted by molar-refractivity contribution is 7.89. The molecule has 1 heterocycles. The second kappa shape index (κ2) is 10.9. The van der Waals surface area contributed by atoms with Gasteiger partial charge < -0.3 is 25.4 Å². The van der Waals surface area contributed by atoms with Crippen molar-refractivity contribution in [1.29, 1.82) is 0 Å². The molecule has 0 aromatic heterocycles. The summed E-state index contributed by atoms with van der Waals surface area (Å²) in [5, 5.41) is 8.53. The number of sulfonamides is 1. The number of carbonyl (C=O) groups is 2. The number of hydrogen-bond donors (Lipinski definition) is 3. The smallest absolute Gasteiger partial charge is 0.246 e. The Bertz CT molecular complexity index is 1160. The van der Waals surface area contributed by atoms with Gasteiger partial charge in [-0.2, -0.15) is 4.31 Å². The van der Waals surface area contributed by atoms with Crippen molar-refractivity contribution in [2.75, 3.05) is 49.4 Å². The molecule has 0 unspecified atom stereocenters. The van der Waals surface area contributed by atoms with Crippen LogP contribution in [0.15, 0.2) is 41.3 Å². The molecule has 0 radical (unpaired) electrons. The highest BCUT2D eigenvalue weighted by Gasteiger charge is 2.28. The van der Waals surface area contributed by atoms with Crippen molar-refractivity contribution in [2.45, 2.75) is 31.7 Å². The second-order valence-electron chi connectivity index (χ2n) is 7.95. The Labute approximate surface area is 199 Å². The van der Waals surface area contributed by atoms with Crippen LogP contribution in [-0.2, 0) is 24.3 Å². The number of hydrogen-bond acceptors (Lipinski definition) is 7. The molecule has 0 aliphatic carbocycles. The van der Waals surface area contributed by atoms with Gasteiger partial charge in [0.05, 0.1) is 30.9 Å². The van der Waals surface area contributed by atoms with E-state index in [1.807, 2.05) is 0 Å². The first-order valence-electron chi connectivity index (χ1n) is 10.8. The van der Waals surface area contributed by atoms with Crippen LogP contribution < -0.4 is 20.7 Å². The number of ether oxygens (including phenoxy) is 2. The summed E-state index contributed by atoms with van der Waals surface area (Å²) in [4.78, 5) is 24.4. The fourth-order valence-corrected chi connectivity index (χ4v) is 5.19. The van der Waals surface area contributed by atoms with Crippen LogP contribution in [0.3, 0.4) is 0 Å². The second-order valence-corrected chi connectivity index (χ2v) is 9.85. The first-order valence-corrected chi connectivity index (χ1v) is 12.3. The van der Waals surface area contributed by atoms with Crippen molar-refractivity contribution in [2.24, 2.45) is 0 Å². The highest BCUT2D eigenvalue weighted by atomic mass is 32.2. The zero-order chi connectivity index (χ0) is 24.9. The summed E-state index contributed by atoms with van der Waals surface area (Å²) < 4.78 is 38.2. The van der Waals surface area contributed by atoms with Gasteiger partial charge >= 0.3 is 0 Å². The molecular formula is C23H30N4O6S. The van der Waals surface area contributed by atoms with Crippen LogP contribution in [0.2, 0.25) is 0 Å². The van der Waals surface area contributed by atoms with Gasteiger partial charge in [-0.1, -0.05) is 6.07 Å². The van der Waals surface area contributed by atoms with E-state index in [-0.39, 0.29) is 16.7 Å². The fourth-order valence-electron chi connectivity index (χ4n) is 3.53. The Morgan fingerprint density at radius 2 is 1.71 bits per heavy atom. The van der Waals surface area contributed by atoms with E-state index < -0.39 is 16.1 Å². The Morgan fingerprint density at radius 3 is 2.35 bits per heavy atom. The van der Waals surface area contributed by atoms with Crippen molar-refractivity contribution in [3.8, 4) is 5.75 Å². The van der Waals surface area contributed by atoms with Crippen LogP contribution in [0.25, 0.3) is 0 Å². The van der Waals surface area contributed by atoms with Crippen molar-refractivity contribution < 1.29 is 27.5 Å². The number of aryl methyl sites for hydroxylation is 1. The maximum atomic E-state index is 13.1. The minimum Gasteiger partial charge on any atom is -0.495 e. The lowest BCUT2D eigenvalue weighted by atomic mass is 10.2. The van der Waals surface area contributed by atoms with Crippen LogP contribution >= 0.6 is 0 Å². The molecule has 0 bridgehead atoms. The van der Waals surface area contributed by atoms with Gasteiger partial charge in [-0.15, -0.1) is 0 Å². The molecule has 184 valence electrons. The van der Waals surface area contributed by atoms with Gasteiger partial charge in [-0.05, 0) is 49.7 Å². The van der Waals surface area contributed by atoms with Gasteiger partial charge in [-0.3, -0.25) is 9.59 Å². The molecule has 2 aromatic carbocycles. The first-order chi connectivity index (χ1) is 16.1. The lowest BCUT2D eigenvalue weighted by Gasteiger charge is -2.27. The number of nitrogens with one attached hydrogen (secondary N) is 3. The zero-order valence-corrected chi connectivity index (χ0v) is 20.5. The fraction of sp³-hybridized carbons (Fsp3) is 0.391. The molecule has 1 aliphatic heterocycles. The quantitative estimate of drug-likeness (QED) is 0.519. The summed E-state index contributed by atoms with van der Waals surface area (Å²) in [5.41, 5.74) is 2.04. The molecule has 2 aromatic rings. The summed E-state index contributed by atoms with van der Waals surface area (Å²) in [6, 6.07) is 9.16. The summed E-state index contributed by atoms with van der Waals surface area (Å²) in [6.45, 7) is 6.08. The molecule has 0 saturated carbocycles. The normalized spacial score (nSPS) is 15.3. The van der Waals surface area contributed by atoms with E-state index >= 15 is 0 Å². The van der Waals surface area contributed by atoms with Crippen molar-refractivity contribution in [3.05, 3.63) is 42.0 Å². The van der Waals surface area contributed by atoms with Crippen molar-refractivity contribution >= 4 is 38.9 Å². The van der Waals surface area contributed by atoms with Crippen LogP contribution in [0, 0.1) is 6.92 Å². The molecule has 0 spiro atoms. The number of benzene rings is 2. The molecule has 11 heteroatoms. The Hall–Kier alpha value is -3.15. The van der Waals surface area contributed by atoms with Gasteiger partial charge in [-0.25, -0.2) is 8.42 Å². The third kappa shape index (κ3) is 6.04. The van der Waals surface area contributed by atoms with E-state index in [0.717, 1.165) is 0 Å². The predicted molar refractivity (Wildman–Crippen MR) is 130 cm³/mol. The van der Waals surface area contributed by atoms with Crippen molar-refractivity contribution in [1.82, 2.24) is 4.31 Å². The molecule has 1 saturated heterocycles. The Morgan fingerprint density at radius 1 is 1.06 bits per heavy atom. The number of methoxy groups -OCH3 is 1. The van der Waals surface area contributed by atoms with Crippen LogP contribution in [0.1, 0.15) is 19.4 Å². The average molecular weight is 491 g/mol. The molecule has 1 atom stereocenters. The van der Waals surface area contributed by atoms with Crippen LogP contribution in [0.4, 0.5) is 17.1 Å².